The van der Waals surface area contributed by atoms with Crippen molar-refractivity contribution in [3.63, 3.8) is 0 Å². The fraction of sp³-hybridized carbons (Fsp3) is 0.733. The maximum Gasteiger partial charge on any atom is 0.122 e. The SMILES string of the molecule is C[C@H]1CC[C@H](c2ccoc2)N2C[C@]3(CC[C@H]12)CS[C@]1(CC[C@@H]2[C@@H](C)CC[C@H](c4ccoc4)N2[C@H]1O)C3. The van der Waals surface area contributed by atoms with Crippen molar-refractivity contribution in [2.45, 2.75) is 107 Å². The van der Waals surface area contributed by atoms with Gasteiger partial charge in [-0.2, -0.15) is 11.8 Å². The highest BCUT2D eigenvalue weighted by Crippen LogP contribution is 2.62. The average molecular weight is 511 g/mol. The van der Waals surface area contributed by atoms with Crippen molar-refractivity contribution in [3.8, 4) is 0 Å². The predicted molar refractivity (Wildman–Crippen MR) is 143 cm³/mol. The summed E-state index contributed by atoms with van der Waals surface area (Å²) in [5, 5.41) is 12.2. The van der Waals surface area contributed by atoms with Crippen LogP contribution in [0.15, 0.2) is 46.0 Å². The summed E-state index contributed by atoms with van der Waals surface area (Å²) in [5.41, 5.74) is 2.90. The molecule has 5 saturated heterocycles. The largest absolute Gasteiger partial charge is 0.472 e. The van der Waals surface area contributed by atoms with Gasteiger partial charge in [-0.3, -0.25) is 9.80 Å². The quantitative estimate of drug-likeness (QED) is 0.490. The Balaban J connectivity index is 1.16. The van der Waals surface area contributed by atoms with Crippen LogP contribution in [0.25, 0.3) is 0 Å². The van der Waals surface area contributed by atoms with Crippen molar-refractivity contribution in [3.05, 3.63) is 48.3 Å². The van der Waals surface area contributed by atoms with Gasteiger partial charge in [0, 0.05) is 47.6 Å². The van der Waals surface area contributed by atoms with Gasteiger partial charge < -0.3 is 13.9 Å². The second-order valence-electron chi connectivity index (χ2n) is 13.0. The fourth-order valence-electron chi connectivity index (χ4n) is 9.05. The lowest BCUT2D eigenvalue weighted by Crippen LogP contribution is -2.63. The van der Waals surface area contributed by atoms with E-state index in [2.05, 4.69) is 47.5 Å². The van der Waals surface area contributed by atoms with Gasteiger partial charge in [-0.15, -0.1) is 0 Å². The number of hydrogen-bond acceptors (Lipinski definition) is 6. The van der Waals surface area contributed by atoms with Crippen LogP contribution in [-0.2, 0) is 0 Å². The van der Waals surface area contributed by atoms with E-state index in [1.165, 1.54) is 61.9 Å². The van der Waals surface area contributed by atoms with Gasteiger partial charge in [0.05, 0.1) is 29.8 Å². The Hall–Kier alpha value is -1.21. The molecule has 2 aromatic rings. The lowest BCUT2D eigenvalue weighted by atomic mass is 9.67. The van der Waals surface area contributed by atoms with Crippen LogP contribution in [0, 0.1) is 17.3 Å². The van der Waals surface area contributed by atoms with E-state index < -0.39 is 0 Å². The number of rotatable bonds is 2. The van der Waals surface area contributed by atoms with E-state index in [1.807, 2.05) is 18.8 Å². The van der Waals surface area contributed by atoms with E-state index in [0.717, 1.165) is 25.2 Å². The third-order valence-electron chi connectivity index (χ3n) is 11.0. The third-order valence-corrected chi connectivity index (χ3v) is 12.9. The number of fused-ring (bicyclic) bond motifs is 2. The molecule has 5 fully saturated rings. The van der Waals surface area contributed by atoms with Gasteiger partial charge in [0.2, 0.25) is 0 Å². The maximum absolute atomic E-state index is 12.2. The summed E-state index contributed by atoms with van der Waals surface area (Å²) in [4.78, 5) is 5.38. The molecule has 7 heterocycles. The van der Waals surface area contributed by atoms with Crippen LogP contribution in [0.4, 0.5) is 0 Å². The smallest absolute Gasteiger partial charge is 0.122 e. The van der Waals surface area contributed by atoms with Crippen molar-refractivity contribution in [1.29, 1.82) is 0 Å². The Labute approximate surface area is 220 Å². The fourth-order valence-corrected chi connectivity index (χ4v) is 10.9. The first-order chi connectivity index (χ1) is 17.5. The van der Waals surface area contributed by atoms with Gasteiger partial charge in [-0.1, -0.05) is 13.8 Å². The normalized spacial score (nSPS) is 45.7. The van der Waals surface area contributed by atoms with Crippen LogP contribution < -0.4 is 0 Å². The van der Waals surface area contributed by atoms with E-state index in [0.29, 0.717) is 29.5 Å². The standard InChI is InChI=1S/C30H42N2O3S/c1-20-3-5-26(22-9-13-34-15-22)31-18-29(11-7-24(20)31)17-30(36-19-29)12-8-25-21(2)4-6-27(32(25)28(30)33)23-10-14-35-16-23/h9-10,13-16,20-21,24-28,33H,3-8,11-12,17-19H2,1-2H3/t20-,21-,24+,25+,26+,27+,28-,29+,30+/m0/s1. The summed E-state index contributed by atoms with van der Waals surface area (Å²) in [6.45, 7) is 6.03. The van der Waals surface area contributed by atoms with E-state index in [1.54, 1.807) is 6.26 Å². The van der Waals surface area contributed by atoms with Crippen LogP contribution in [0.3, 0.4) is 0 Å². The molecule has 0 unspecified atom stereocenters. The van der Waals surface area contributed by atoms with Crippen LogP contribution >= 0.6 is 11.8 Å². The monoisotopic (exact) mass is 510 g/mol. The molecule has 36 heavy (non-hydrogen) atoms. The summed E-state index contributed by atoms with van der Waals surface area (Å²) >= 11 is 2.11. The van der Waals surface area contributed by atoms with E-state index in [-0.39, 0.29) is 17.0 Å². The minimum Gasteiger partial charge on any atom is -0.472 e. The number of thioether (sulfide) groups is 1. The van der Waals surface area contributed by atoms with Gasteiger partial charge in [-0.05, 0) is 87.2 Å². The van der Waals surface area contributed by atoms with E-state index in [9.17, 15) is 5.11 Å². The summed E-state index contributed by atoms with van der Waals surface area (Å²) in [7, 11) is 0. The molecule has 2 spiro atoms. The predicted octanol–water partition coefficient (Wildman–Crippen LogP) is 6.62. The number of aliphatic hydroxyl groups is 1. The van der Waals surface area contributed by atoms with Crippen LogP contribution in [-0.4, -0.2) is 50.3 Å². The Bertz CT molecular complexity index is 1040. The van der Waals surface area contributed by atoms with Crippen molar-refractivity contribution in [2.24, 2.45) is 17.3 Å². The highest BCUT2D eigenvalue weighted by molar-refractivity contribution is 8.01. The Morgan fingerprint density at radius 1 is 0.861 bits per heavy atom. The first-order valence-electron chi connectivity index (χ1n) is 14.4. The molecule has 5 nitrogen and oxygen atoms in total. The maximum atomic E-state index is 12.2. The van der Waals surface area contributed by atoms with Crippen LogP contribution in [0.1, 0.15) is 94.8 Å². The van der Waals surface area contributed by atoms with Crippen LogP contribution in [0.5, 0.6) is 0 Å². The molecular weight excluding hydrogens is 468 g/mol. The summed E-state index contributed by atoms with van der Waals surface area (Å²) in [5.74, 6) is 2.59. The van der Waals surface area contributed by atoms with E-state index in [4.69, 9.17) is 8.83 Å². The molecule has 0 bridgehead atoms. The van der Waals surface area contributed by atoms with Gasteiger partial charge in [0.15, 0.2) is 0 Å². The number of nitrogens with zero attached hydrogens (tertiary/aromatic N) is 2. The number of aliphatic hydroxyl groups excluding tert-OH is 1. The number of hydrogen-bond donors (Lipinski definition) is 1. The average Bonchev–Trinajstić information content (AvgIpc) is 3.65. The Morgan fingerprint density at radius 2 is 1.53 bits per heavy atom. The first kappa shape index (κ1) is 23.9. The molecule has 6 heteroatoms. The molecule has 1 N–H and O–H groups in total. The highest BCUT2D eigenvalue weighted by atomic mass is 32.2. The van der Waals surface area contributed by atoms with Crippen molar-refractivity contribution in [1.82, 2.24) is 9.80 Å². The molecule has 5 aliphatic rings. The minimum atomic E-state index is -0.383. The van der Waals surface area contributed by atoms with Crippen molar-refractivity contribution >= 4 is 11.8 Å². The molecule has 9 atom stereocenters. The number of furan rings is 2. The molecular formula is C30H42N2O3S. The molecule has 0 radical (unpaired) electrons. The van der Waals surface area contributed by atoms with Gasteiger partial charge in [0.25, 0.3) is 0 Å². The zero-order valence-corrected chi connectivity index (χ0v) is 22.7. The lowest BCUT2D eigenvalue weighted by Gasteiger charge is -2.57. The molecule has 0 aromatic carbocycles. The Kier molecular flexibility index (Phi) is 5.92. The van der Waals surface area contributed by atoms with Gasteiger partial charge in [-0.25, -0.2) is 0 Å². The Morgan fingerprint density at radius 3 is 2.25 bits per heavy atom. The first-order valence-corrected chi connectivity index (χ1v) is 15.4. The molecule has 2 aromatic heterocycles. The zero-order valence-electron chi connectivity index (χ0n) is 21.9. The summed E-state index contributed by atoms with van der Waals surface area (Å²) in [6, 6.07) is 6.21. The molecule has 0 amide bonds. The molecule has 5 aliphatic heterocycles. The summed E-state index contributed by atoms with van der Waals surface area (Å²) in [6.07, 6.45) is 18.1. The topological polar surface area (TPSA) is 53.0 Å². The lowest BCUT2D eigenvalue weighted by molar-refractivity contribution is -0.142. The molecule has 0 saturated carbocycles. The number of piperidine rings is 4. The second kappa shape index (κ2) is 8.93. The van der Waals surface area contributed by atoms with E-state index >= 15 is 0 Å². The summed E-state index contributed by atoms with van der Waals surface area (Å²) < 4.78 is 11.0. The molecule has 0 aliphatic carbocycles. The third kappa shape index (κ3) is 3.69. The second-order valence-corrected chi connectivity index (χ2v) is 14.4. The molecule has 7 rings (SSSR count). The van der Waals surface area contributed by atoms with Crippen molar-refractivity contribution < 1.29 is 13.9 Å². The van der Waals surface area contributed by atoms with Crippen LogP contribution in [0.2, 0.25) is 0 Å². The zero-order chi connectivity index (χ0) is 24.5. The highest BCUT2D eigenvalue weighted by Gasteiger charge is 2.60. The van der Waals surface area contributed by atoms with Gasteiger partial charge in [0.1, 0.15) is 6.23 Å². The molecule has 196 valence electrons. The minimum absolute atomic E-state index is 0.0467. The van der Waals surface area contributed by atoms with Gasteiger partial charge >= 0.3 is 0 Å². The van der Waals surface area contributed by atoms with Crippen molar-refractivity contribution in [2.75, 3.05) is 12.3 Å².